The third kappa shape index (κ3) is 3.14. The average molecular weight is 451 g/mol. The zero-order valence-corrected chi connectivity index (χ0v) is 19.3. The van der Waals surface area contributed by atoms with Gasteiger partial charge in [-0.1, -0.05) is 54.6 Å². The average Bonchev–Trinajstić information content (AvgIpc) is 3.45. The summed E-state index contributed by atoms with van der Waals surface area (Å²) < 4.78 is 9.92. The molecule has 0 unspecified atom stereocenters. The summed E-state index contributed by atoms with van der Waals surface area (Å²) in [6, 6.07) is 18.3. The Morgan fingerprint density at radius 3 is 2.29 bits per heavy atom. The number of rotatable bonds is 4. The molecule has 6 nitrogen and oxygen atoms in total. The summed E-state index contributed by atoms with van der Waals surface area (Å²) in [5, 5.41) is 4.89. The molecule has 6 heteroatoms. The van der Waals surface area contributed by atoms with Gasteiger partial charge < -0.3 is 14.7 Å². The van der Waals surface area contributed by atoms with Gasteiger partial charge in [-0.15, -0.1) is 0 Å². The maximum absolute atomic E-state index is 13.5. The van der Waals surface area contributed by atoms with Gasteiger partial charge in [-0.05, 0) is 30.4 Å². The number of fused-ring (bicyclic) bond motifs is 1. The van der Waals surface area contributed by atoms with Gasteiger partial charge in [-0.2, -0.15) is 5.10 Å². The highest BCUT2D eigenvalue weighted by Gasteiger charge is 2.34. The first-order valence-electron chi connectivity index (χ1n) is 11.5. The maximum Gasteiger partial charge on any atom is 0.262 e. The smallest absolute Gasteiger partial charge is 0.262 e. The van der Waals surface area contributed by atoms with Gasteiger partial charge in [0.1, 0.15) is 11.3 Å². The van der Waals surface area contributed by atoms with E-state index in [4.69, 9.17) is 10.2 Å². The molecule has 0 spiro atoms. The number of furan rings is 1. The van der Waals surface area contributed by atoms with Crippen molar-refractivity contribution in [2.75, 3.05) is 0 Å². The number of pyridine rings is 1. The summed E-state index contributed by atoms with van der Waals surface area (Å²) in [6.45, 7) is 0. The van der Waals surface area contributed by atoms with Gasteiger partial charge in [0.15, 0.2) is 0 Å². The molecule has 0 radical (unpaired) electrons. The summed E-state index contributed by atoms with van der Waals surface area (Å²) in [5.74, 6) is 0.681. The molecule has 1 fully saturated rings. The third-order valence-electron chi connectivity index (χ3n) is 7.06. The Morgan fingerprint density at radius 2 is 1.68 bits per heavy atom. The van der Waals surface area contributed by atoms with Crippen LogP contribution in [-0.4, -0.2) is 14.3 Å². The van der Waals surface area contributed by atoms with Crippen molar-refractivity contribution in [3.63, 3.8) is 0 Å². The predicted octanol–water partition coefficient (Wildman–Crippen LogP) is 5.20. The molecule has 1 aliphatic carbocycles. The highest BCUT2D eigenvalue weighted by atomic mass is 16.3. The molecule has 2 aromatic carbocycles. The van der Waals surface area contributed by atoms with Crippen LogP contribution in [0.4, 0.5) is 0 Å². The van der Waals surface area contributed by atoms with Crippen molar-refractivity contribution in [2.45, 2.75) is 24.8 Å². The number of nitrogens with zero attached hydrogens (tertiary/aromatic N) is 3. The van der Waals surface area contributed by atoms with E-state index in [1.807, 2.05) is 49.8 Å². The number of hydrogen-bond acceptors (Lipinski definition) is 4. The lowest BCUT2D eigenvalue weighted by atomic mass is 9.72. The normalized spacial score (nSPS) is 14.9. The molecule has 170 valence electrons. The van der Waals surface area contributed by atoms with Gasteiger partial charge in [0.05, 0.1) is 11.6 Å². The van der Waals surface area contributed by atoms with E-state index in [-0.39, 0.29) is 11.1 Å². The second-order valence-electron chi connectivity index (χ2n) is 9.32. The van der Waals surface area contributed by atoms with Crippen LogP contribution in [0.5, 0.6) is 0 Å². The van der Waals surface area contributed by atoms with Crippen LogP contribution in [0.25, 0.3) is 44.5 Å². The van der Waals surface area contributed by atoms with Crippen molar-refractivity contribution < 1.29 is 4.42 Å². The topological polar surface area (TPSA) is 79.0 Å². The SMILES string of the molecule is Cn1cc(-c2cn(C)c(=O)c3c(-c4ccccc4)c(-c4ccc(C5(N)CCC5)cc4)oc23)cn1. The van der Waals surface area contributed by atoms with E-state index in [1.165, 1.54) is 6.42 Å². The quantitative estimate of drug-likeness (QED) is 0.408. The Bertz CT molecular complexity index is 1570. The molecule has 2 N–H and O–H groups in total. The summed E-state index contributed by atoms with van der Waals surface area (Å²) >= 11 is 0. The van der Waals surface area contributed by atoms with Gasteiger partial charge in [-0.25, -0.2) is 0 Å². The molecular weight excluding hydrogens is 424 g/mol. The molecule has 34 heavy (non-hydrogen) atoms. The van der Waals surface area contributed by atoms with Crippen LogP contribution in [-0.2, 0) is 19.6 Å². The van der Waals surface area contributed by atoms with Gasteiger partial charge in [0.2, 0.25) is 0 Å². The standard InChI is InChI=1S/C28H26N4O2/c1-31-17-22(20-15-30-32(2)16-20)26-24(27(31)33)23(18-7-4-3-5-8-18)25(34-26)19-9-11-21(12-10-19)28(29)13-6-14-28/h3-5,7-12,15-17H,6,13-14,29H2,1-2H3. The fourth-order valence-corrected chi connectivity index (χ4v) is 4.96. The molecule has 1 saturated carbocycles. The van der Waals surface area contributed by atoms with Crippen molar-refractivity contribution >= 4 is 11.0 Å². The highest BCUT2D eigenvalue weighted by molar-refractivity contribution is 6.06. The first-order chi connectivity index (χ1) is 16.4. The van der Waals surface area contributed by atoms with E-state index in [0.717, 1.165) is 46.2 Å². The fraction of sp³-hybridized carbons (Fsp3) is 0.214. The Kier molecular flexibility index (Phi) is 4.61. The molecule has 3 heterocycles. The minimum Gasteiger partial charge on any atom is -0.454 e. The van der Waals surface area contributed by atoms with E-state index in [0.29, 0.717) is 16.7 Å². The summed E-state index contributed by atoms with van der Waals surface area (Å²) in [5.41, 5.74) is 12.3. The lowest BCUT2D eigenvalue weighted by molar-refractivity contribution is 0.253. The lowest BCUT2D eigenvalue weighted by Gasteiger charge is -2.38. The molecule has 3 aromatic heterocycles. The molecular formula is C28H26N4O2. The molecule has 0 saturated heterocycles. The molecule has 0 aliphatic heterocycles. The molecule has 0 amide bonds. The van der Waals surface area contributed by atoms with E-state index >= 15 is 0 Å². The molecule has 0 bridgehead atoms. The second kappa shape index (κ2) is 7.57. The largest absolute Gasteiger partial charge is 0.454 e. The lowest BCUT2D eigenvalue weighted by Crippen LogP contribution is -2.43. The van der Waals surface area contributed by atoms with Crippen LogP contribution in [0.2, 0.25) is 0 Å². The molecule has 6 rings (SSSR count). The Balaban J connectivity index is 1.64. The molecule has 5 aromatic rings. The fourth-order valence-electron chi connectivity index (χ4n) is 4.96. The van der Waals surface area contributed by atoms with Crippen LogP contribution < -0.4 is 11.3 Å². The minimum atomic E-state index is -0.224. The van der Waals surface area contributed by atoms with E-state index in [9.17, 15) is 4.79 Å². The summed E-state index contributed by atoms with van der Waals surface area (Å²) in [7, 11) is 3.65. The van der Waals surface area contributed by atoms with E-state index in [1.54, 1.807) is 22.5 Å². The minimum absolute atomic E-state index is 0.0940. The van der Waals surface area contributed by atoms with Crippen molar-refractivity contribution in [1.82, 2.24) is 14.3 Å². The predicted molar refractivity (Wildman–Crippen MR) is 134 cm³/mol. The van der Waals surface area contributed by atoms with Crippen molar-refractivity contribution in [3.05, 3.63) is 89.1 Å². The Morgan fingerprint density at radius 1 is 0.941 bits per heavy atom. The van der Waals surface area contributed by atoms with Crippen LogP contribution in [0.1, 0.15) is 24.8 Å². The second-order valence-corrected chi connectivity index (χ2v) is 9.32. The zero-order valence-electron chi connectivity index (χ0n) is 19.3. The first kappa shape index (κ1) is 20.7. The molecule has 0 atom stereocenters. The van der Waals surface area contributed by atoms with Crippen molar-refractivity contribution in [1.29, 1.82) is 0 Å². The van der Waals surface area contributed by atoms with Gasteiger partial charge >= 0.3 is 0 Å². The maximum atomic E-state index is 13.5. The Labute approximate surface area is 197 Å². The number of aryl methyl sites for hydroxylation is 2. The van der Waals surface area contributed by atoms with Crippen LogP contribution in [0.3, 0.4) is 0 Å². The summed E-state index contributed by atoms with van der Waals surface area (Å²) in [6.07, 6.45) is 8.73. The van der Waals surface area contributed by atoms with Gasteiger partial charge in [0.25, 0.3) is 5.56 Å². The first-order valence-corrected chi connectivity index (χ1v) is 11.5. The molecule has 1 aliphatic rings. The number of nitrogens with two attached hydrogens (primary N) is 1. The van der Waals surface area contributed by atoms with Crippen molar-refractivity contribution in [2.24, 2.45) is 19.8 Å². The van der Waals surface area contributed by atoms with Crippen LogP contribution in [0, 0.1) is 0 Å². The van der Waals surface area contributed by atoms with Crippen LogP contribution in [0.15, 0.2) is 82.4 Å². The van der Waals surface area contributed by atoms with Crippen LogP contribution >= 0.6 is 0 Å². The zero-order chi connectivity index (χ0) is 23.4. The third-order valence-corrected chi connectivity index (χ3v) is 7.06. The van der Waals surface area contributed by atoms with E-state index < -0.39 is 0 Å². The number of hydrogen-bond donors (Lipinski definition) is 1. The number of benzene rings is 2. The summed E-state index contributed by atoms with van der Waals surface area (Å²) in [4.78, 5) is 13.5. The highest BCUT2D eigenvalue weighted by Crippen LogP contribution is 2.44. The van der Waals surface area contributed by atoms with Crippen molar-refractivity contribution in [3.8, 4) is 33.6 Å². The Hall–Kier alpha value is -3.90. The monoisotopic (exact) mass is 450 g/mol. The van der Waals surface area contributed by atoms with Gasteiger partial charge in [-0.3, -0.25) is 9.48 Å². The van der Waals surface area contributed by atoms with E-state index in [2.05, 4.69) is 29.4 Å². The number of aromatic nitrogens is 3. The van der Waals surface area contributed by atoms with Gasteiger partial charge in [0, 0.05) is 54.3 Å².